The van der Waals surface area contributed by atoms with Crippen LogP contribution in [0.15, 0.2) is 24.3 Å². The molecule has 2 N–H and O–H groups in total. The van der Waals surface area contributed by atoms with Crippen LogP contribution < -0.4 is 15.4 Å². The van der Waals surface area contributed by atoms with Crippen molar-refractivity contribution in [3.63, 3.8) is 0 Å². The van der Waals surface area contributed by atoms with Gasteiger partial charge >= 0.3 is 0 Å². The SMILES string of the molecule is Cl.O=C(CC1CCCN1)Nc1cccc(OCC2CCCO2)c1. The van der Waals surface area contributed by atoms with Crippen LogP contribution in [-0.4, -0.2) is 37.8 Å². The summed E-state index contributed by atoms with van der Waals surface area (Å²) in [6, 6.07) is 7.88. The molecule has 2 aliphatic rings. The molecule has 0 aromatic heterocycles. The van der Waals surface area contributed by atoms with Gasteiger partial charge in [-0.1, -0.05) is 6.07 Å². The van der Waals surface area contributed by atoms with E-state index in [4.69, 9.17) is 9.47 Å². The van der Waals surface area contributed by atoms with Gasteiger partial charge in [0.25, 0.3) is 0 Å². The van der Waals surface area contributed by atoms with Gasteiger partial charge in [0.05, 0.1) is 6.10 Å². The third kappa shape index (κ3) is 5.68. The van der Waals surface area contributed by atoms with Gasteiger partial charge in [-0.3, -0.25) is 4.79 Å². The number of nitrogens with one attached hydrogen (secondary N) is 2. The van der Waals surface area contributed by atoms with E-state index in [0.29, 0.717) is 19.1 Å². The minimum atomic E-state index is 0. The quantitative estimate of drug-likeness (QED) is 0.836. The van der Waals surface area contributed by atoms with Crippen LogP contribution in [0.4, 0.5) is 5.69 Å². The van der Waals surface area contributed by atoms with Gasteiger partial charge in [0, 0.05) is 30.8 Å². The second kappa shape index (κ2) is 9.11. The van der Waals surface area contributed by atoms with E-state index in [1.807, 2.05) is 24.3 Å². The average Bonchev–Trinajstić information content (AvgIpc) is 3.18. The van der Waals surface area contributed by atoms with E-state index in [1.54, 1.807) is 0 Å². The predicted molar refractivity (Wildman–Crippen MR) is 92.4 cm³/mol. The average molecular weight is 341 g/mol. The molecule has 1 amide bonds. The topological polar surface area (TPSA) is 59.6 Å². The van der Waals surface area contributed by atoms with E-state index in [1.165, 1.54) is 0 Å². The molecule has 2 atom stereocenters. The number of carbonyl (C=O) groups excluding carboxylic acids is 1. The summed E-state index contributed by atoms with van der Waals surface area (Å²) in [5.41, 5.74) is 0.785. The van der Waals surface area contributed by atoms with Crippen LogP contribution in [0.25, 0.3) is 0 Å². The Morgan fingerprint density at radius 2 is 2.26 bits per heavy atom. The van der Waals surface area contributed by atoms with E-state index in [9.17, 15) is 4.79 Å². The molecule has 128 valence electrons. The van der Waals surface area contributed by atoms with Crippen molar-refractivity contribution in [2.24, 2.45) is 0 Å². The molecule has 2 saturated heterocycles. The fraction of sp³-hybridized carbons (Fsp3) is 0.588. The largest absolute Gasteiger partial charge is 0.491 e. The number of anilines is 1. The van der Waals surface area contributed by atoms with Gasteiger partial charge in [-0.25, -0.2) is 0 Å². The van der Waals surface area contributed by atoms with Crippen LogP contribution in [-0.2, 0) is 9.53 Å². The molecule has 1 aromatic carbocycles. The molecule has 3 rings (SSSR count). The van der Waals surface area contributed by atoms with Crippen molar-refractivity contribution in [2.75, 3.05) is 25.1 Å². The lowest BCUT2D eigenvalue weighted by Crippen LogP contribution is -2.27. The number of benzene rings is 1. The van der Waals surface area contributed by atoms with E-state index >= 15 is 0 Å². The minimum absolute atomic E-state index is 0. The Bertz CT molecular complexity index is 500. The van der Waals surface area contributed by atoms with Gasteiger partial charge in [-0.2, -0.15) is 0 Å². The second-order valence-corrected chi connectivity index (χ2v) is 6.02. The lowest BCUT2D eigenvalue weighted by molar-refractivity contribution is -0.116. The number of carbonyl (C=O) groups is 1. The summed E-state index contributed by atoms with van der Waals surface area (Å²) in [6.45, 7) is 2.42. The molecule has 0 bridgehead atoms. The molecule has 0 spiro atoms. The second-order valence-electron chi connectivity index (χ2n) is 6.02. The smallest absolute Gasteiger partial charge is 0.225 e. The van der Waals surface area contributed by atoms with Gasteiger partial charge in [0.15, 0.2) is 0 Å². The molecule has 0 aliphatic carbocycles. The van der Waals surface area contributed by atoms with Gasteiger partial charge in [-0.05, 0) is 44.4 Å². The van der Waals surface area contributed by atoms with Crippen molar-refractivity contribution < 1.29 is 14.3 Å². The van der Waals surface area contributed by atoms with Gasteiger partial charge in [-0.15, -0.1) is 12.4 Å². The summed E-state index contributed by atoms with van der Waals surface area (Å²) in [4.78, 5) is 12.0. The molecule has 2 aliphatic heterocycles. The predicted octanol–water partition coefficient (Wildman–Crippen LogP) is 2.75. The Morgan fingerprint density at radius 1 is 1.35 bits per heavy atom. The number of hydrogen-bond donors (Lipinski definition) is 2. The summed E-state index contributed by atoms with van der Waals surface area (Å²) in [5, 5.41) is 6.28. The molecular formula is C17H25ClN2O3. The van der Waals surface area contributed by atoms with Crippen LogP contribution in [0.2, 0.25) is 0 Å². The summed E-state index contributed by atoms with van der Waals surface area (Å²) in [7, 11) is 0. The number of hydrogen-bond acceptors (Lipinski definition) is 4. The maximum Gasteiger partial charge on any atom is 0.225 e. The van der Waals surface area contributed by atoms with E-state index in [2.05, 4.69) is 10.6 Å². The van der Waals surface area contributed by atoms with Crippen molar-refractivity contribution in [2.45, 2.75) is 44.2 Å². The molecular weight excluding hydrogens is 316 g/mol. The van der Waals surface area contributed by atoms with Crippen LogP contribution in [0.1, 0.15) is 32.1 Å². The highest BCUT2D eigenvalue weighted by Gasteiger charge is 2.18. The first-order chi connectivity index (χ1) is 10.8. The maximum atomic E-state index is 12.0. The lowest BCUT2D eigenvalue weighted by atomic mass is 10.1. The normalized spacial score (nSPS) is 23.3. The summed E-state index contributed by atoms with van der Waals surface area (Å²) >= 11 is 0. The Labute approximate surface area is 143 Å². The zero-order valence-corrected chi connectivity index (χ0v) is 14.1. The summed E-state index contributed by atoms with van der Waals surface area (Å²) in [5.74, 6) is 0.822. The van der Waals surface area contributed by atoms with Crippen molar-refractivity contribution in [3.05, 3.63) is 24.3 Å². The lowest BCUT2D eigenvalue weighted by Gasteiger charge is -2.13. The number of halogens is 1. The first-order valence-electron chi connectivity index (χ1n) is 8.17. The van der Waals surface area contributed by atoms with Crippen molar-refractivity contribution in [1.29, 1.82) is 0 Å². The number of amides is 1. The minimum Gasteiger partial charge on any atom is -0.491 e. The highest BCUT2D eigenvalue weighted by Crippen LogP contribution is 2.20. The Kier molecular flexibility index (Phi) is 7.15. The zero-order valence-electron chi connectivity index (χ0n) is 13.3. The third-order valence-corrected chi connectivity index (χ3v) is 4.17. The molecule has 2 heterocycles. The van der Waals surface area contributed by atoms with Crippen LogP contribution in [0.3, 0.4) is 0 Å². The molecule has 23 heavy (non-hydrogen) atoms. The highest BCUT2D eigenvalue weighted by atomic mass is 35.5. The molecule has 2 unspecified atom stereocenters. The molecule has 1 aromatic rings. The first-order valence-corrected chi connectivity index (χ1v) is 8.17. The molecule has 2 fully saturated rings. The summed E-state index contributed by atoms with van der Waals surface area (Å²) < 4.78 is 11.3. The highest BCUT2D eigenvalue weighted by molar-refractivity contribution is 5.91. The van der Waals surface area contributed by atoms with Gasteiger partial charge in [0.2, 0.25) is 5.91 Å². The molecule has 5 nitrogen and oxygen atoms in total. The zero-order chi connectivity index (χ0) is 15.2. The van der Waals surface area contributed by atoms with E-state index in [-0.39, 0.29) is 24.4 Å². The van der Waals surface area contributed by atoms with Gasteiger partial charge in [0.1, 0.15) is 12.4 Å². The van der Waals surface area contributed by atoms with Crippen LogP contribution in [0.5, 0.6) is 5.75 Å². The molecule has 6 heteroatoms. The van der Waals surface area contributed by atoms with Crippen LogP contribution >= 0.6 is 12.4 Å². The van der Waals surface area contributed by atoms with Gasteiger partial charge < -0.3 is 20.1 Å². The monoisotopic (exact) mass is 340 g/mol. The Hall–Kier alpha value is -1.30. The number of ether oxygens (including phenoxy) is 2. The third-order valence-electron chi connectivity index (χ3n) is 4.17. The van der Waals surface area contributed by atoms with Crippen molar-refractivity contribution >= 4 is 24.0 Å². The van der Waals surface area contributed by atoms with E-state index in [0.717, 1.165) is 50.3 Å². The number of rotatable bonds is 6. The Balaban J connectivity index is 0.00000192. The fourth-order valence-corrected chi connectivity index (χ4v) is 3.00. The standard InChI is InChI=1S/C17H24N2O3.ClH/c20-17(11-13-5-2-8-18-13)19-14-4-1-6-15(10-14)22-12-16-7-3-9-21-16;/h1,4,6,10,13,16,18H,2-3,5,7-9,11-12H2,(H,19,20);1H. The summed E-state index contributed by atoms with van der Waals surface area (Å²) in [6.07, 6.45) is 5.14. The van der Waals surface area contributed by atoms with Crippen molar-refractivity contribution in [3.8, 4) is 5.75 Å². The van der Waals surface area contributed by atoms with Crippen LogP contribution in [0, 0.1) is 0 Å². The Morgan fingerprint density at radius 3 is 3.00 bits per heavy atom. The molecule has 0 radical (unpaired) electrons. The maximum absolute atomic E-state index is 12.0. The first kappa shape index (κ1) is 18.0. The fourth-order valence-electron chi connectivity index (χ4n) is 3.00. The van der Waals surface area contributed by atoms with Crippen molar-refractivity contribution in [1.82, 2.24) is 5.32 Å². The van der Waals surface area contributed by atoms with E-state index < -0.39 is 0 Å². The molecule has 0 saturated carbocycles.